The Bertz CT molecular complexity index is 636. The van der Waals surface area contributed by atoms with Crippen LogP contribution in [0.2, 0.25) is 0 Å². The predicted molar refractivity (Wildman–Crippen MR) is 103 cm³/mol. The molecule has 116 valence electrons. The third kappa shape index (κ3) is 4.32. The Kier molecular flexibility index (Phi) is 8.24. The minimum absolute atomic E-state index is 1.29. The first-order valence-corrected chi connectivity index (χ1v) is 8.93. The zero-order valence-electron chi connectivity index (χ0n) is 14.3. The third-order valence-electron chi connectivity index (χ3n) is 3.12. The van der Waals surface area contributed by atoms with Crippen molar-refractivity contribution in [3.8, 4) is 22.3 Å². The largest absolute Gasteiger partial charge is 0.148 e. The van der Waals surface area contributed by atoms with Crippen LogP contribution >= 0.6 is 11.3 Å². The Morgan fingerprint density at radius 2 is 1.09 bits per heavy atom. The lowest BCUT2D eigenvalue weighted by molar-refractivity contribution is 1.50. The van der Waals surface area contributed by atoms with E-state index in [1.807, 2.05) is 39.0 Å². The number of aryl methyl sites for hydroxylation is 1. The van der Waals surface area contributed by atoms with E-state index in [0.29, 0.717) is 0 Å². The maximum absolute atomic E-state index is 2.26. The Balaban J connectivity index is 0.000000561. The highest BCUT2D eigenvalue weighted by Gasteiger charge is 2.11. The quantitative estimate of drug-likeness (QED) is 0.461. The number of thiophene rings is 1. The van der Waals surface area contributed by atoms with E-state index in [2.05, 4.69) is 73.0 Å². The van der Waals surface area contributed by atoms with Crippen molar-refractivity contribution < 1.29 is 0 Å². The van der Waals surface area contributed by atoms with Gasteiger partial charge in [0.05, 0.1) is 0 Å². The second-order valence-electron chi connectivity index (χ2n) is 4.31. The van der Waals surface area contributed by atoms with Crippen LogP contribution in [-0.4, -0.2) is 0 Å². The van der Waals surface area contributed by atoms with Crippen LogP contribution in [0.1, 0.15) is 32.6 Å². The topological polar surface area (TPSA) is 0 Å². The van der Waals surface area contributed by atoms with Gasteiger partial charge in [0.25, 0.3) is 0 Å². The van der Waals surface area contributed by atoms with Gasteiger partial charge >= 0.3 is 0 Å². The molecule has 0 spiro atoms. The Morgan fingerprint density at radius 1 is 0.636 bits per heavy atom. The Hall–Kier alpha value is -1.86. The van der Waals surface area contributed by atoms with E-state index in [9.17, 15) is 0 Å². The molecule has 3 aromatic rings. The van der Waals surface area contributed by atoms with Gasteiger partial charge in [-0.15, -0.1) is 11.3 Å². The first-order valence-electron chi connectivity index (χ1n) is 8.05. The molecule has 0 N–H and O–H groups in total. The van der Waals surface area contributed by atoms with Gasteiger partial charge < -0.3 is 0 Å². The third-order valence-corrected chi connectivity index (χ3v) is 4.03. The normalized spacial score (nSPS) is 9.14. The summed E-state index contributed by atoms with van der Waals surface area (Å²) in [5.41, 5.74) is 5.30. The van der Waals surface area contributed by atoms with Gasteiger partial charge in [-0.1, -0.05) is 88.4 Å². The molecule has 0 radical (unpaired) electrons. The molecule has 1 aromatic heterocycles. The molecule has 0 aliphatic heterocycles. The lowest BCUT2D eigenvalue weighted by Gasteiger charge is -2.06. The fourth-order valence-electron chi connectivity index (χ4n) is 2.25. The van der Waals surface area contributed by atoms with E-state index in [4.69, 9.17) is 0 Å². The zero-order chi connectivity index (χ0) is 16.4. The summed E-state index contributed by atoms with van der Waals surface area (Å²) in [5, 5.41) is 2.26. The maximum Gasteiger partial charge on any atom is 0.00990 e. The molecule has 0 aliphatic rings. The van der Waals surface area contributed by atoms with Crippen molar-refractivity contribution in [2.24, 2.45) is 0 Å². The average Bonchev–Trinajstić information content (AvgIpc) is 3.01. The Morgan fingerprint density at radius 3 is 1.59 bits per heavy atom. The predicted octanol–water partition coefficient (Wildman–Crippen LogP) is 7.44. The van der Waals surface area contributed by atoms with Crippen molar-refractivity contribution in [1.29, 1.82) is 0 Å². The summed E-state index contributed by atoms with van der Waals surface area (Å²) in [6.07, 6.45) is 0. The van der Waals surface area contributed by atoms with Gasteiger partial charge in [-0.2, -0.15) is 0 Å². The highest BCUT2D eigenvalue weighted by Crippen LogP contribution is 2.38. The molecule has 0 nitrogen and oxygen atoms in total. The van der Waals surface area contributed by atoms with E-state index in [-0.39, 0.29) is 0 Å². The molecule has 0 fully saturated rings. The van der Waals surface area contributed by atoms with Gasteiger partial charge in [-0.25, -0.2) is 0 Å². The second kappa shape index (κ2) is 9.97. The van der Waals surface area contributed by atoms with Crippen LogP contribution in [0.25, 0.3) is 22.3 Å². The van der Waals surface area contributed by atoms with Gasteiger partial charge in [0.1, 0.15) is 0 Å². The lowest BCUT2D eigenvalue weighted by atomic mass is 9.97. The molecule has 3 rings (SSSR count). The van der Waals surface area contributed by atoms with Gasteiger partial charge in [0, 0.05) is 16.0 Å². The lowest BCUT2D eigenvalue weighted by Crippen LogP contribution is -1.81. The van der Waals surface area contributed by atoms with Crippen LogP contribution in [-0.2, 0) is 0 Å². The molecule has 2 aromatic carbocycles. The van der Waals surface area contributed by atoms with E-state index in [1.165, 1.54) is 27.1 Å². The number of rotatable bonds is 2. The van der Waals surface area contributed by atoms with Crippen LogP contribution in [0.3, 0.4) is 0 Å². The van der Waals surface area contributed by atoms with Crippen molar-refractivity contribution in [2.75, 3.05) is 0 Å². The molecule has 0 aliphatic carbocycles. The molecule has 0 amide bonds. The fraction of sp³-hybridized carbons (Fsp3) is 0.238. The number of benzene rings is 2. The molecule has 0 unspecified atom stereocenters. The SMILES string of the molecule is CC.CC.Cc1scc(-c2ccccc2)c1-c1ccccc1. The van der Waals surface area contributed by atoms with Crippen molar-refractivity contribution in [2.45, 2.75) is 34.6 Å². The molecular formula is C21H26S. The average molecular weight is 311 g/mol. The summed E-state index contributed by atoms with van der Waals surface area (Å²) in [6, 6.07) is 21.2. The van der Waals surface area contributed by atoms with E-state index < -0.39 is 0 Å². The summed E-state index contributed by atoms with van der Waals surface area (Å²) in [4.78, 5) is 1.38. The smallest absolute Gasteiger partial charge is 0.00990 e. The molecule has 1 heteroatoms. The van der Waals surface area contributed by atoms with Crippen LogP contribution in [0.5, 0.6) is 0 Å². The summed E-state index contributed by atoms with van der Waals surface area (Å²) in [6.45, 7) is 10.2. The minimum Gasteiger partial charge on any atom is -0.148 e. The Labute approximate surface area is 139 Å². The minimum atomic E-state index is 1.29. The van der Waals surface area contributed by atoms with Crippen LogP contribution in [0.15, 0.2) is 66.0 Å². The van der Waals surface area contributed by atoms with Crippen LogP contribution in [0.4, 0.5) is 0 Å². The summed E-state index contributed by atoms with van der Waals surface area (Å²) < 4.78 is 0. The zero-order valence-corrected chi connectivity index (χ0v) is 15.1. The van der Waals surface area contributed by atoms with E-state index in [1.54, 1.807) is 0 Å². The van der Waals surface area contributed by atoms with E-state index >= 15 is 0 Å². The maximum atomic E-state index is 2.26. The summed E-state index contributed by atoms with van der Waals surface area (Å²) in [7, 11) is 0. The fourth-order valence-corrected chi connectivity index (χ4v) is 3.14. The second-order valence-corrected chi connectivity index (χ2v) is 5.40. The van der Waals surface area contributed by atoms with Crippen molar-refractivity contribution >= 4 is 11.3 Å². The number of hydrogen-bond donors (Lipinski definition) is 0. The molecular weight excluding hydrogens is 284 g/mol. The first-order chi connectivity index (χ1) is 10.9. The molecule has 1 heterocycles. The highest BCUT2D eigenvalue weighted by molar-refractivity contribution is 7.11. The molecule has 0 atom stereocenters. The molecule has 0 bridgehead atoms. The van der Waals surface area contributed by atoms with Crippen molar-refractivity contribution in [3.05, 3.63) is 70.9 Å². The standard InChI is InChI=1S/C17H14S.2C2H6/c1-13-17(15-10-6-3-7-11-15)16(12-18-13)14-8-4-2-5-9-14;2*1-2/h2-12H,1H3;2*1-2H3. The van der Waals surface area contributed by atoms with E-state index in [0.717, 1.165) is 0 Å². The summed E-state index contributed by atoms with van der Waals surface area (Å²) >= 11 is 1.82. The van der Waals surface area contributed by atoms with Crippen LogP contribution in [0, 0.1) is 6.92 Å². The van der Waals surface area contributed by atoms with Crippen LogP contribution < -0.4 is 0 Å². The highest BCUT2D eigenvalue weighted by atomic mass is 32.1. The van der Waals surface area contributed by atoms with Gasteiger partial charge in [0.2, 0.25) is 0 Å². The van der Waals surface area contributed by atoms with Gasteiger partial charge in [0.15, 0.2) is 0 Å². The van der Waals surface area contributed by atoms with Crippen molar-refractivity contribution in [1.82, 2.24) is 0 Å². The van der Waals surface area contributed by atoms with Gasteiger partial charge in [-0.05, 0) is 23.4 Å². The van der Waals surface area contributed by atoms with Gasteiger partial charge in [-0.3, -0.25) is 0 Å². The monoisotopic (exact) mass is 310 g/mol. The molecule has 0 saturated carbocycles. The van der Waals surface area contributed by atoms with Crippen molar-refractivity contribution in [3.63, 3.8) is 0 Å². The first kappa shape index (κ1) is 18.2. The summed E-state index contributed by atoms with van der Waals surface area (Å²) in [5.74, 6) is 0. The molecule has 0 saturated heterocycles. The number of hydrogen-bond acceptors (Lipinski definition) is 1. The molecule has 22 heavy (non-hydrogen) atoms.